The molecule has 20 heteroatoms. The number of fused-ring (bicyclic) bond motifs is 2. The molecule has 8 amide bonds. The number of hydrogen-bond acceptors (Lipinski definition) is 9. The average Bonchev–Trinajstić information content (AvgIpc) is 3.77. The van der Waals surface area contributed by atoms with Gasteiger partial charge in [0, 0.05) is 55.9 Å². The van der Waals surface area contributed by atoms with Gasteiger partial charge in [-0.05, 0) is 92.2 Å². The van der Waals surface area contributed by atoms with Gasteiger partial charge in [0.05, 0.1) is 6.42 Å². The van der Waals surface area contributed by atoms with E-state index in [1.807, 2.05) is 56.3 Å². The van der Waals surface area contributed by atoms with Gasteiger partial charge in [0.1, 0.15) is 35.7 Å². The number of unbranched alkanes of at least 4 members (excludes halogenated alkanes) is 1. The SMILES string of the molecule is CCCCC(=O)N[C@H]1CC(=O)NCCCC[C@@H](C(N)=O)NC(=O)[C@H](Cc2c[nH]c3ccccc23)NC(=O)[C@H](CCCN=C(N)N)NC(=O)[C@@H](Cc2ccccc2)NC(=O)C2(CCc3c(C)cccc3C2)NC1=O. The van der Waals surface area contributed by atoms with Gasteiger partial charge in [0.15, 0.2) is 5.96 Å². The molecule has 6 rings (SSSR count). The van der Waals surface area contributed by atoms with Crippen molar-refractivity contribution in [3.05, 3.63) is 107 Å². The molecule has 1 unspecified atom stereocenters. The standard InChI is InChI=1S/C53H70N12O8/c1-3-4-22-44(66)60-43-29-45(67)57-25-11-10-20-39(46(54)68)61-49(71)42(28-35-31-59-38-19-9-8-18-37(35)38)63-47(69)40(21-13-26-58-52(55)56)62-48(70)41(27-33-15-6-5-7-16-33)64-51(73)53(65-50(43)72)24-23-36-32(2)14-12-17-34(36)30-53/h5-9,12,14-19,31,39-43,59H,3-4,10-11,13,20-30H2,1-2H3,(H2,54,68)(H,57,67)(H,60,66)(H,61,71)(H,62,70)(H,63,69)(H,64,73)(H,65,72)(H4,55,56,58)/t39-,40-,41+,42-,43-,53?/m0/s1. The fourth-order valence-corrected chi connectivity index (χ4v) is 9.45. The summed E-state index contributed by atoms with van der Waals surface area (Å²) in [5.41, 5.74) is 20.3. The Morgan fingerprint density at radius 3 is 2.25 bits per heavy atom. The molecule has 0 bridgehead atoms. The van der Waals surface area contributed by atoms with E-state index in [0.29, 0.717) is 43.2 Å². The maximum Gasteiger partial charge on any atom is 0.246 e. The second-order valence-corrected chi connectivity index (χ2v) is 19.0. The van der Waals surface area contributed by atoms with Crippen molar-refractivity contribution in [2.75, 3.05) is 13.1 Å². The van der Waals surface area contributed by atoms with Crippen LogP contribution in [0.1, 0.15) is 98.9 Å². The molecule has 20 nitrogen and oxygen atoms in total. The largest absolute Gasteiger partial charge is 0.370 e. The molecule has 1 aliphatic heterocycles. The summed E-state index contributed by atoms with van der Waals surface area (Å²) in [6.45, 7) is 4.09. The number of aromatic nitrogens is 1. The molecule has 6 atom stereocenters. The summed E-state index contributed by atoms with van der Waals surface area (Å²) in [4.78, 5) is 121. The number of nitrogens with zero attached hydrogens (tertiary/aromatic N) is 1. The highest BCUT2D eigenvalue weighted by Gasteiger charge is 2.46. The third-order valence-corrected chi connectivity index (χ3v) is 13.5. The van der Waals surface area contributed by atoms with E-state index in [2.05, 4.69) is 47.2 Å². The summed E-state index contributed by atoms with van der Waals surface area (Å²) in [6.07, 6.45) is 3.97. The van der Waals surface area contributed by atoms with Gasteiger partial charge in [-0.2, -0.15) is 0 Å². The summed E-state index contributed by atoms with van der Waals surface area (Å²) in [5, 5.41) is 20.6. The molecule has 1 fully saturated rings. The van der Waals surface area contributed by atoms with E-state index in [9.17, 15) is 33.6 Å². The Balaban J connectivity index is 1.41. The molecule has 2 heterocycles. The third-order valence-electron chi connectivity index (χ3n) is 13.5. The Labute approximate surface area is 425 Å². The molecule has 73 heavy (non-hydrogen) atoms. The van der Waals surface area contributed by atoms with Crippen LogP contribution in [-0.4, -0.2) is 107 Å². The average molecular weight is 1000 g/mol. The predicted molar refractivity (Wildman–Crippen MR) is 276 cm³/mol. The summed E-state index contributed by atoms with van der Waals surface area (Å²) in [6, 6.07) is 15.6. The van der Waals surface area contributed by atoms with Crippen LogP contribution in [0.15, 0.2) is 84.0 Å². The summed E-state index contributed by atoms with van der Waals surface area (Å²) in [5.74, 6) is -5.68. The van der Waals surface area contributed by atoms with Crippen LogP contribution in [-0.2, 0) is 64.0 Å². The Bertz CT molecular complexity index is 2650. The quantitative estimate of drug-likeness (QED) is 0.0516. The zero-order valence-electron chi connectivity index (χ0n) is 41.7. The zero-order chi connectivity index (χ0) is 52.5. The number of carbonyl (C=O) groups is 8. The molecule has 1 spiro atoms. The summed E-state index contributed by atoms with van der Waals surface area (Å²) >= 11 is 0. The maximum absolute atomic E-state index is 15.2. The number of aliphatic imine (C=N–C) groups is 1. The number of aryl methyl sites for hydroxylation is 1. The first-order valence-electron chi connectivity index (χ1n) is 25.2. The Hall–Kier alpha value is -7.77. The lowest BCUT2D eigenvalue weighted by Gasteiger charge is -2.40. The van der Waals surface area contributed by atoms with Gasteiger partial charge in [-0.3, -0.25) is 43.3 Å². The molecule has 2 aliphatic rings. The molecule has 14 N–H and O–H groups in total. The van der Waals surface area contributed by atoms with E-state index in [0.717, 1.165) is 27.6 Å². The normalized spacial score (nSPS) is 22.8. The number of nitrogens with two attached hydrogens (primary N) is 3. The Morgan fingerprint density at radius 1 is 0.781 bits per heavy atom. The number of aromatic amines is 1. The van der Waals surface area contributed by atoms with E-state index in [1.165, 1.54) is 0 Å². The number of rotatable bonds is 13. The van der Waals surface area contributed by atoms with Crippen LogP contribution in [0.2, 0.25) is 0 Å². The highest BCUT2D eigenvalue weighted by atomic mass is 16.2. The second kappa shape index (κ2) is 26.1. The van der Waals surface area contributed by atoms with Gasteiger partial charge in [0.2, 0.25) is 47.3 Å². The van der Waals surface area contributed by atoms with E-state index in [4.69, 9.17) is 17.2 Å². The Morgan fingerprint density at radius 2 is 1.49 bits per heavy atom. The van der Waals surface area contributed by atoms with Crippen LogP contribution in [0.5, 0.6) is 0 Å². The molecule has 4 aromatic rings. The molecule has 1 aromatic heterocycles. The molecular formula is C53H70N12O8. The number of H-pyrrole nitrogens is 1. The van der Waals surface area contributed by atoms with Crippen molar-refractivity contribution in [1.82, 2.24) is 42.2 Å². The van der Waals surface area contributed by atoms with Crippen LogP contribution >= 0.6 is 0 Å². The molecule has 0 radical (unpaired) electrons. The molecule has 1 saturated heterocycles. The Kier molecular flexibility index (Phi) is 19.5. The highest BCUT2D eigenvalue weighted by Crippen LogP contribution is 2.32. The second-order valence-electron chi connectivity index (χ2n) is 19.0. The van der Waals surface area contributed by atoms with E-state index < -0.39 is 89.4 Å². The monoisotopic (exact) mass is 1000 g/mol. The van der Waals surface area contributed by atoms with Crippen LogP contribution in [0, 0.1) is 6.92 Å². The topological polar surface area (TPSA) is 327 Å². The van der Waals surface area contributed by atoms with E-state index in [1.54, 1.807) is 36.5 Å². The van der Waals surface area contributed by atoms with Crippen LogP contribution in [0.4, 0.5) is 0 Å². The summed E-state index contributed by atoms with van der Waals surface area (Å²) in [7, 11) is 0. The van der Waals surface area contributed by atoms with Crippen molar-refractivity contribution in [2.45, 2.75) is 139 Å². The summed E-state index contributed by atoms with van der Waals surface area (Å²) < 4.78 is 0. The van der Waals surface area contributed by atoms with Crippen molar-refractivity contribution in [3.63, 3.8) is 0 Å². The molecule has 3 aromatic carbocycles. The van der Waals surface area contributed by atoms with Crippen molar-refractivity contribution in [2.24, 2.45) is 22.2 Å². The minimum Gasteiger partial charge on any atom is -0.370 e. The van der Waals surface area contributed by atoms with E-state index >= 15 is 4.79 Å². The van der Waals surface area contributed by atoms with Crippen LogP contribution in [0.3, 0.4) is 0 Å². The number of amides is 8. The molecule has 0 saturated carbocycles. The lowest BCUT2D eigenvalue weighted by atomic mass is 9.75. The fourth-order valence-electron chi connectivity index (χ4n) is 9.45. The number of guanidine groups is 1. The minimum atomic E-state index is -1.68. The number of primary amides is 1. The van der Waals surface area contributed by atoms with Crippen molar-refractivity contribution in [1.29, 1.82) is 0 Å². The maximum atomic E-state index is 15.2. The lowest BCUT2D eigenvalue weighted by Crippen LogP contribution is -2.67. The minimum absolute atomic E-state index is 0.0139. The number of carbonyl (C=O) groups excluding carboxylic acids is 8. The third kappa shape index (κ3) is 15.4. The smallest absolute Gasteiger partial charge is 0.246 e. The first-order chi connectivity index (χ1) is 35.0. The van der Waals surface area contributed by atoms with Gasteiger partial charge < -0.3 is 59.4 Å². The first-order valence-corrected chi connectivity index (χ1v) is 25.2. The van der Waals surface area contributed by atoms with Crippen LogP contribution in [0.25, 0.3) is 10.9 Å². The molecule has 1 aliphatic carbocycles. The number of para-hydroxylation sites is 1. The molecular weight excluding hydrogens is 933 g/mol. The van der Waals surface area contributed by atoms with Gasteiger partial charge in [-0.1, -0.05) is 80.1 Å². The predicted octanol–water partition coefficient (Wildman–Crippen LogP) is 1.15. The number of hydrogen-bond donors (Lipinski definition) is 11. The van der Waals surface area contributed by atoms with Crippen molar-refractivity contribution >= 4 is 64.1 Å². The molecule has 390 valence electrons. The lowest BCUT2D eigenvalue weighted by molar-refractivity contribution is -0.139. The van der Waals surface area contributed by atoms with Crippen molar-refractivity contribution in [3.8, 4) is 0 Å². The van der Waals surface area contributed by atoms with Gasteiger partial charge in [-0.15, -0.1) is 0 Å². The fraction of sp³-hybridized carbons (Fsp3) is 0.453. The van der Waals surface area contributed by atoms with Crippen molar-refractivity contribution < 1.29 is 38.4 Å². The number of nitrogens with one attached hydrogen (secondary N) is 8. The number of benzene rings is 3. The van der Waals surface area contributed by atoms with Gasteiger partial charge >= 0.3 is 0 Å². The first kappa shape index (κ1) is 54.6. The zero-order valence-corrected chi connectivity index (χ0v) is 41.7. The van der Waals surface area contributed by atoms with E-state index in [-0.39, 0.29) is 70.4 Å². The highest BCUT2D eigenvalue weighted by molar-refractivity contribution is 6.00. The van der Waals surface area contributed by atoms with Gasteiger partial charge in [-0.25, -0.2) is 0 Å². The van der Waals surface area contributed by atoms with Gasteiger partial charge in [0.25, 0.3) is 0 Å². The van der Waals surface area contributed by atoms with Crippen LogP contribution < -0.4 is 54.4 Å².